The van der Waals surface area contributed by atoms with Gasteiger partial charge in [-0.3, -0.25) is 9.59 Å². The van der Waals surface area contributed by atoms with Gasteiger partial charge in [-0.15, -0.1) is 0 Å². The molecule has 0 aliphatic rings. The zero-order chi connectivity index (χ0) is 18.9. The number of amides is 1. The van der Waals surface area contributed by atoms with E-state index < -0.39 is 0 Å². The first-order chi connectivity index (χ1) is 12.5. The number of nitrogens with zero attached hydrogens (tertiary/aromatic N) is 1. The van der Waals surface area contributed by atoms with Gasteiger partial charge < -0.3 is 14.4 Å². The van der Waals surface area contributed by atoms with Gasteiger partial charge in [0.2, 0.25) is 0 Å². The van der Waals surface area contributed by atoms with Crippen molar-refractivity contribution in [2.45, 2.75) is 26.8 Å². The number of aryl methyl sites for hydroxylation is 1. The topological polar surface area (TPSA) is 55.8 Å². The minimum absolute atomic E-state index is 0.103. The van der Waals surface area contributed by atoms with Crippen LogP contribution in [-0.2, 0) is 16.1 Å². The van der Waals surface area contributed by atoms with Crippen molar-refractivity contribution in [1.82, 2.24) is 4.90 Å². The first-order valence-electron chi connectivity index (χ1n) is 8.68. The second-order valence-electron chi connectivity index (χ2n) is 6.00. The van der Waals surface area contributed by atoms with Crippen LogP contribution in [0.25, 0.3) is 0 Å². The van der Waals surface area contributed by atoms with E-state index in [1.54, 1.807) is 25.0 Å². The maximum Gasteiger partial charge on any atom is 0.307 e. The molecule has 2 aromatic carbocycles. The molecule has 5 nitrogen and oxygen atoms in total. The van der Waals surface area contributed by atoms with Crippen molar-refractivity contribution in [2.24, 2.45) is 0 Å². The molecule has 0 aliphatic carbocycles. The van der Waals surface area contributed by atoms with E-state index in [1.807, 2.05) is 49.4 Å². The Balaban J connectivity index is 2.16. The lowest BCUT2D eigenvalue weighted by atomic mass is 10.1. The minimum atomic E-state index is -0.302. The summed E-state index contributed by atoms with van der Waals surface area (Å²) in [6, 6.07) is 15.0. The summed E-state index contributed by atoms with van der Waals surface area (Å²) in [7, 11) is 1.61. The minimum Gasteiger partial charge on any atom is -0.497 e. The number of benzene rings is 2. The summed E-state index contributed by atoms with van der Waals surface area (Å²) in [4.78, 5) is 26.3. The van der Waals surface area contributed by atoms with Gasteiger partial charge in [-0.25, -0.2) is 0 Å². The number of carbonyl (C=O) groups is 2. The van der Waals surface area contributed by atoms with Gasteiger partial charge in [-0.05, 0) is 43.7 Å². The highest BCUT2D eigenvalue weighted by Gasteiger charge is 2.18. The Morgan fingerprint density at radius 3 is 2.42 bits per heavy atom. The molecule has 2 rings (SSSR count). The van der Waals surface area contributed by atoms with Crippen LogP contribution in [0.3, 0.4) is 0 Å². The Labute approximate surface area is 154 Å². The second-order valence-corrected chi connectivity index (χ2v) is 6.00. The third kappa shape index (κ3) is 5.62. The molecule has 1 amide bonds. The van der Waals surface area contributed by atoms with Gasteiger partial charge in [-0.2, -0.15) is 0 Å². The molecular weight excluding hydrogens is 330 g/mol. The van der Waals surface area contributed by atoms with E-state index in [0.29, 0.717) is 25.3 Å². The number of esters is 1. The Morgan fingerprint density at radius 2 is 1.81 bits per heavy atom. The van der Waals surface area contributed by atoms with Crippen molar-refractivity contribution < 1.29 is 19.1 Å². The van der Waals surface area contributed by atoms with Gasteiger partial charge in [0.1, 0.15) is 5.75 Å². The van der Waals surface area contributed by atoms with Gasteiger partial charge in [0, 0.05) is 18.7 Å². The van der Waals surface area contributed by atoms with Gasteiger partial charge in [-0.1, -0.05) is 29.8 Å². The van der Waals surface area contributed by atoms with Gasteiger partial charge >= 0.3 is 5.97 Å². The molecule has 0 N–H and O–H groups in total. The average molecular weight is 355 g/mol. The SMILES string of the molecule is CCOC(=O)CCN(Cc1ccc(OC)cc1)C(=O)c1cccc(C)c1. The van der Waals surface area contributed by atoms with Gasteiger partial charge in [0.25, 0.3) is 5.91 Å². The average Bonchev–Trinajstić information content (AvgIpc) is 2.65. The Morgan fingerprint density at radius 1 is 1.08 bits per heavy atom. The predicted octanol–water partition coefficient (Wildman–Crippen LogP) is 3.60. The van der Waals surface area contributed by atoms with Crippen LogP contribution in [-0.4, -0.2) is 37.0 Å². The molecule has 2 aromatic rings. The molecule has 0 atom stereocenters. The molecular formula is C21H25NO4. The van der Waals surface area contributed by atoms with Crippen LogP contribution >= 0.6 is 0 Å². The van der Waals surface area contributed by atoms with Crippen molar-refractivity contribution >= 4 is 11.9 Å². The highest BCUT2D eigenvalue weighted by atomic mass is 16.5. The second kappa shape index (κ2) is 9.61. The normalized spacial score (nSPS) is 10.3. The Bertz CT molecular complexity index is 740. The summed E-state index contributed by atoms with van der Waals surface area (Å²) in [6.45, 7) is 4.77. The third-order valence-electron chi connectivity index (χ3n) is 3.98. The standard InChI is InChI=1S/C21H25NO4/c1-4-26-20(23)12-13-22(15-17-8-10-19(25-3)11-9-17)21(24)18-7-5-6-16(2)14-18/h5-11,14H,4,12-13,15H2,1-3H3. The molecule has 0 aliphatic heterocycles. The zero-order valence-corrected chi connectivity index (χ0v) is 15.5. The van der Waals surface area contributed by atoms with Gasteiger partial charge in [0.15, 0.2) is 0 Å². The summed E-state index contributed by atoms with van der Waals surface area (Å²) in [5, 5.41) is 0. The van der Waals surface area contributed by atoms with Gasteiger partial charge in [0.05, 0.1) is 20.1 Å². The molecule has 0 saturated heterocycles. The Kier molecular flexibility index (Phi) is 7.21. The number of hydrogen-bond acceptors (Lipinski definition) is 4. The van der Waals surface area contributed by atoms with E-state index in [1.165, 1.54) is 0 Å². The molecule has 0 unspecified atom stereocenters. The number of methoxy groups -OCH3 is 1. The summed E-state index contributed by atoms with van der Waals surface area (Å²) >= 11 is 0. The molecule has 5 heteroatoms. The fraction of sp³-hybridized carbons (Fsp3) is 0.333. The van der Waals surface area contributed by atoms with Crippen molar-refractivity contribution in [3.05, 3.63) is 65.2 Å². The summed E-state index contributed by atoms with van der Waals surface area (Å²) < 4.78 is 10.2. The van der Waals surface area contributed by atoms with Crippen LogP contribution in [0.1, 0.15) is 34.8 Å². The molecule has 0 radical (unpaired) electrons. The Hall–Kier alpha value is -2.82. The number of hydrogen-bond donors (Lipinski definition) is 0. The van der Waals surface area contributed by atoms with E-state index in [4.69, 9.17) is 9.47 Å². The van der Waals surface area contributed by atoms with E-state index in [2.05, 4.69) is 0 Å². The maximum absolute atomic E-state index is 12.9. The maximum atomic E-state index is 12.9. The molecule has 0 spiro atoms. The number of ether oxygens (including phenoxy) is 2. The lowest BCUT2D eigenvalue weighted by molar-refractivity contribution is -0.143. The third-order valence-corrected chi connectivity index (χ3v) is 3.98. The molecule has 0 heterocycles. The smallest absolute Gasteiger partial charge is 0.307 e. The van der Waals surface area contributed by atoms with Crippen molar-refractivity contribution in [2.75, 3.05) is 20.3 Å². The number of carbonyl (C=O) groups excluding carboxylic acids is 2. The summed E-state index contributed by atoms with van der Waals surface area (Å²) in [5.74, 6) is 0.356. The first kappa shape index (κ1) is 19.5. The highest BCUT2D eigenvalue weighted by molar-refractivity contribution is 5.94. The van der Waals surface area contributed by atoms with Crippen molar-refractivity contribution in [1.29, 1.82) is 0 Å². The van der Waals surface area contributed by atoms with E-state index in [-0.39, 0.29) is 18.3 Å². The first-order valence-corrected chi connectivity index (χ1v) is 8.68. The highest BCUT2D eigenvalue weighted by Crippen LogP contribution is 2.16. The monoisotopic (exact) mass is 355 g/mol. The fourth-order valence-electron chi connectivity index (χ4n) is 2.62. The lowest BCUT2D eigenvalue weighted by Gasteiger charge is -2.23. The van der Waals surface area contributed by atoms with E-state index in [9.17, 15) is 9.59 Å². The van der Waals surface area contributed by atoms with Crippen molar-refractivity contribution in [3.8, 4) is 5.75 Å². The van der Waals surface area contributed by atoms with E-state index >= 15 is 0 Å². The largest absolute Gasteiger partial charge is 0.497 e. The zero-order valence-electron chi connectivity index (χ0n) is 15.5. The molecule has 0 saturated carbocycles. The summed E-state index contributed by atoms with van der Waals surface area (Å²) in [5.41, 5.74) is 2.60. The van der Waals surface area contributed by atoms with E-state index in [0.717, 1.165) is 16.9 Å². The molecule has 0 fully saturated rings. The lowest BCUT2D eigenvalue weighted by Crippen LogP contribution is -2.33. The molecule has 138 valence electrons. The fourth-order valence-corrected chi connectivity index (χ4v) is 2.62. The van der Waals surface area contributed by atoms with Crippen LogP contribution < -0.4 is 4.74 Å². The van der Waals surface area contributed by atoms with Crippen LogP contribution in [0.4, 0.5) is 0 Å². The number of rotatable bonds is 8. The molecule has 26 heavy (non-hydrogen) atoms. The molecule has 0 aromatic heterocycles. The summed E-state index contributed by atoms with van der Waals surface area (Å²) in [6.07, 6.45) is 0.168. The predicted molar refractivity (Wildman–Crippen MR) is 100 cm³/mol. The van der Waals surface area contributed by atoms with Crippen LogP contribution in [0, 0.1) is 6.92 Å². The van der Waals surface area contributed by atoms with Crippen LogP contribution in [0.2, 0.25) is 0 Å². The van der Waals surface area contributed by atoms with Crippen molar-refractivity contribution in [3.63, 3.8) is 0 Å². The quantitative estimate of drug-likeness (QED) is 0.679. The molecule has 0 bridgehead atoms. The van der Waals surface area contributed by atoms with Crippen LogP contribution in [0.15, 0.2) is 48.5 Å². The van der Waals surface area contributed by atoms with Crippen LogP contribution in [0.5, 0.6) is 5.75 Å².